The van der Waals surface area contributed by atoms with Crippen molar-refractivity contribution in [2.75, 3.05) is 33.4 Å². The summed E-state index contributed by atoms with van der Waals surface area (Å²) in [4.78, 5) is 27.0. The first-order valence-corrected chi connectivity index (χ1v) is 10.3. The second-order valence-corrected chi connectivity index (χ2v) is 7.17. The molecule has 0 saturated heterocycles. The zero-order chi connectivity index (χ0) is 22.2. The van der Waals surface area contributed by atoms with Crippen LogP contribution in [0.3, 0.4) is 0 Å². The van der Waals surface area contributed by atoms with Gasteiger partial charge < -0.3 is 15.0 Å². The average Bonchev–Trinajstić information content (AvgIpc) is 3.23. The summed E-state index contributed by atoms with van der Waals surface area (Å²) in [6.07, 6.45) is 0.501. The zero-order valence-corrected chi connectivity index (χ0v) is 17.8. The van der Waals surface area contributed by atoms with E-state index in [1.807, 2.05) is 37.3 Å². The van der Waals surface area contributed by atoms with Crippen LogP contribution in [0.4, 0.5) is 9.18 Å². The molecule has 7 nitrogen and oxygen atoms in total. The molecule has 1 aliphatic heterocycles. The molecule has 0 saturated carbocycles. The van der Waals surface area contributed by atoms with Crippen LogP contribution in [0.2, 0.25) is 0 Å². The average molecular weight is 426 g/mol. The van der Waals surface area contributed by atoms with Gasteiger partial charge >= 0.3 is 6.03 Å². The van der Waals surface area contributed by atoms with Crippen molar-refractivity contribution in [2.24, 2.45) is 5.10 Å². The molecular weight excluding hydrogens is 399 g/mol. The lowest BCUT2D eigenvalue weighted by molar-refractivity contribution is -0.133. The van der Waals surface area contributed by atoms with Gasteiger partial charge in [0.05, 0.1) is 18.4 Å². The largest absolute Gasteiger partial charge is 0.383 e. The predicted octanol–water partition coefficient (Wildman–Crippen LogP) is 3.18. The molecular formula is C23H27FN4O3. The number of benzene rings is 2. The highest BCUT2D eigenvalue weighted by atomic mass is 19.1. The summed E-state index contributed by atoms with van der Waals surface area (Å²) in [6.45, 7) is 2.75. The van der Waals surface area contributed by atoms with Gasteiger partial charge in [-0.2, -0.15) is 5.10 Å². The topological polar surface area (TPSA) is 74.2 Å². The van der Waals surface area contributed by atoms with Gasteiger partial charge in [0.25, 0.3) is 5.91 Å². The molecule has 1 unspecified atom stereocenters. The Balaban J connectivity index is 1.86. The van der Waals surface area contributed by atoms with Crippen LogP contribution in [0, 0.1) is 5.82 Å². The Bertz CT molecular complexity index is 918. The zero-order valence-electron chi connectivity index (χ0n) is 17.8. The second-order valence-electron chi connectivity index (χ2n) is 7.17. The summed E-state index contributed by atoms with van der Waals surface area (Å²) < 4.78 is 18.4. The van der Waals surface area contributed by atoms with Crippen LogP contribution in [0.1, 0.15) is 30.5 Å². The van der Waals surface area contributed by atoms with Crippen molar-refractivity contribution >= 4 is 17.6 Å². The van der Waals surface area contributed by atoms with Crippen molar-refractivity contribution in [1.29, 1.82) is 0 Å². The van der Waals surface area contributed by atoms with Crippen molar-refractivity contribution in [3.05, 3.63) is 71.5 Å². The Labute approximate surface area is 181 Å². The minimum atomic E-state index is -0.328. The fraction of sp³-hybridized carbons (Fsp3) is 0.348. The van der Waals surface area contributed by atoms with E-state index in [2.05, 4.69) is 10.4 Å². The second kappa shape index (κ2) is 10.7. The number of hydrazone groups is 1. The number of hydrogen-bond donors (Lipinski definition) is 1. The number of rotatable bonds is 8. The molecule has 0 spiro atoms. The van der Waals surface area contributed by atoms with Crippen LogP contribution >= 0.6 is 0 Å². The minimum absolute atomic E-state index is 0.126. The van der Waals surface area contributed by atoms with E-state index in [9.17, 15) is 14.0 Å². The Hall–Kier alpha value is -3.26. The van der Waals surface area contributed by atoms with Gasteiger partial charge in [-0.05, 0) is 30.2 Å². The molecule has 3 amide bonds. The number of urea groups is 1. The molecule has 8 heteroatoms. The van der Waals surface area contributed by atoms with E-state index in [4.69, 9.17) is 4.74 Å². The van der Waals surface area contributed by atoms with E-state index >= 15 is 0 Å². The Kier molecular flexibility index (Phi) is 7.72. The molecule has 0 bridgehead atoms. The van der Waals surface area contributed by atoms with Crippen molar-refractivity contribution in [1.82, 2.24) is 15.2 Å². The molecule has 2 aromatic carbocycles. The van der Waals surface area contributed by atoms with Crippen LogP contribution in [0.15, 0.2) is 59.7 Å². The molecule has 0 fully saturated rings. The molecule has 0 aromatic heterocycles. The molecule has 1 heterocycles. The first-order valence-electron chi connectivity index (χ1n) is 10.3. The highest BCUT2D eigenvalue weighted by molar-refractivity contribution is 6.03. The standard InChI is InChI=1S/C23H27FN4O3/c1-3-25-23(30)27(13-14-31-2)16-22(29)28-21(18-7-5-4-6-8-18)15-20(26-28)17-9-11-19(24)12-10-17/h4-12,21H,3,13-16H2,1-2H3,(H,25,30). The van der Waals surface area contributed by atoms with Crippen LogP contribution in [0.25, 0.3) is 0 Å². The van der Waals surface area contributed by atoms with E-state index in [1.54, 1.807) is 19.2 Å². The molecule has 3 rings (SSSR count). The Morgan fingerprint density at radius 3 is 2.55 bits per heavy atom. The number of carbonyl (C=O) groups excluding carboxylic acids is 2. The predicted molar refractivity (Wildman–Crippen MR) is 116 cm³/mol. The molecule has 1 N–H and O–H groups in total. The van der Waals surface area contributed by atoms with E-state index in [1.165, 1.54) is 22.0 Å². The smallest absolute Gasteiger partial charge is 0.317 e. The van der Waals surface area contributed by atoms with Gasteiger partial charge in [-0.15, -0.1) is 0 Å². The highest BCUT2D eigenvalue weighted by Crippen LogP contribution is 2.32. The summed E-state index contributed by atoms with van der Waals surface area (Å²) in [5.74, 6) is -0.626. The van der Waals surface area contributed by atoms with E-state index < -0.39 is 0 Å². The lowest BCUT2D eigenvalue weighted by Gasteiger charge is -2.27. The SMILES string of the molecule is CCNC(=O)N(CCOC)CC(=O)N1N=C(c2ccc(F)cc2)CC1c1ccccc1. The minimum Gasteiger partial charge on any atom is -0.383 e. The van der Waals surface area contributed by atoms with Crippen LogP contribution in [-0.2, 0) is 9.53 Å². The maximum absolute atomic E-state index is 13.3. The number of methoxy groups -OCH3 is 1. The lowest BCUT2D eigenvalue weighted by Crippen LogP contribution is -2.47. The van der Waals surface area contributed by atoms with Crippen molar-refractivity contribution < 1.29 is 18.7 Å². The highest BCUT2D eigenvalue weighted by Gasteiger charge is 2.34. The number of nitrogens with zero attached hydrogens (tertiary/aromatic N) is 3. The lowest BCUT2D eigenvalue weighted by atomic mass is 9.98. The van der Waals surface area contributed by atoms with Crippen LogP contribution in [-0.4, -0.2) is 60.9 Å². The summed E-state index contributed by atoms with van der Waals surface area (Å²) in [7, 11) is 1.54. The van der Waals surface area contributed by atoms with Gasteiger partial charge in [0.2, 0.25) is 0 Å². The normalized spacial score (nSPS) is 15.5. The summed E-state index contributed by atoms with van der Waals surface area (Å²) >= 11 is 0. The third-order valence-corrected chi connectivity index (χ3v) is 5.03. The van der Waals surface area contributed by atoms with E-state index in [0.717, 1.165) is 11.1 Å². The summed E-state index contributed by atoms with van der Waals surface area (Å²) in [5, 5.41) is 8.73. The first kappa shape index (κ1) is 22.4. The third-order valence-electron chi connectivity index (χ3n) is 5.03. The number of amides is 3. The molecule has 0 radical (unpaired) electrons. The number of hydrogen-bond acceptors (Lipinski definition) is 4. The maximum atomic E-state index is 13.3. The summed E-state index contributed by atoms with van der Waals surface area (Å²) in [5.41, 5.74) is 2.40. The molecule has 164 valence electrons. The van der Waals surface area contributed by atoms with E-state index in [-0.39, 0.29) is 36.9 Å². The molecule has 1 aliphatic rings. The molecule has 2 aromatic rings. The van der Waals surface area contributed by atoms with Crippen molar-refractivity contribution in [2.45, 2.75) is 19.4 Å². The fourth-order valence-corrected chi connectivity index (χ4v) is 3.44. The number of carbonyl (C=O) groups is 2. The third kappa shape index (κ3) is 5.67. The van der Waals surface area contributed by atoms with Gasteiger partial charge in [0, 0.05) is 26.6 Å². The monoisotopic (exact) mass is 426 g/mol. The maximum Gasteiger partial charge on any atom is 0.317 e. The van der Waals surface area contributed by atoms with Gasteiger partial charge in [-0.3, -0.25) is 4.79 Å². The molecule has 1 atom stereocenters. The van der Waals surface area contributed by atoms with Crippen molar-refractivity contribution in [3.8, 4) is 0 Å². The number of ether oxygens (including phenoxy) is 1. The first-order chi connectivity index (χ1) is 15.0. The summed E-state index contributed by atoms with van der Waals surface area (Å²) in [6, 6.07) is 15.1. The van der Waals surface area contributed by atoms with Crippen molar-refractivity contribution in [3.63, 3.8) is 0 Å². The quantitative estimate of drug-likeness (QED) is 0.705. The number of halogens is 1. The van der Waals surface area contributed by atoms with Gasteiger partial charge in [-0.1, -0.05) is 42.5 Å². The van der Waals surface area contributed by atoms with Gasteiger partial charge in [-0.25, -0.2) is 14.2 Å². The van der Waals surface area contributed by atoms with Gasteiger partial charge in [0.15, 0.2) is 0 Å². The van der Waals surface area contributed by atoms with Gasteiger partial charge in [0.1, 0.15) is 12.4 Å². The Morgan fingerprint density at radius 2 is 1.90 bits per heavy atom. The van der Waals surface area contributed by atoms with Crippen LogP contribution in [0.5, 0.6) is 0 Å². The van der Waals surface area contributed by atoms with Crippen LogP contribution < -0.4 is 5.32 Å². The number of nitrogens with one attached hydrogen (secondary N) is 1. The van der Waals surface area contributed by atoms with E-state index in [0.29, 0.717) is 25.3 Å². The fourth-order valence-electron chi connectivity index (χ4n) is 3.44. The Morgan fingerprint density at radius 1 is 1.19 bits per heavy atom. The molecule has 31 heavy (non-hydrogen) atoms. The molecule has 0 aliphatic carbocycles.